The minimum atomic E-state index is -3.58. The average Bonchev–Trinajstić information content (AvgIpc) is 3.13. The first kappa shape index (κ1) is 17.7. The number of benzene rings is 1. The molecule has 0 amide bonds. The maximum absolute atomic E-state index is 13.0. The molecule has 26 heavy (non-hydrogen) atoms. The zero-order valence-electron chi connectivity index (χ0n) is 13.7. The molecule has 0 saturated carbocycles. The number of aromatic nitrogens is 3. The van der Waals surface area contributed by atoms with Gasteiger partial charge in [-0.05, 0) is 23.8 Å². The Hall–Kier alpha value is -1.65. The Bertz CT molecular complexity index is 1010. The topological polar surface area (TPSA) is 79.3 Å². The molecule has 7 nitrogen and oxygen atoms in total. The highest BCUT2D eigenvalue weighted by Gasteiger charge is 2.30. The lowest BCUT2D eigenvalue weighted by Gasteiger charge is -2.33. The van der Waals surface area contributed by atoms with Crippen LogP contribution >= 0.6 is 23.3 Å². The van der Waals surface area contributed by atoms with Crippen LogP contribution in [0.1, 0.15) is 5.56 Å². The lowest BCUT2D eigenvalue weighted by Crippen LogP contribution is -2.48. The first-order chi connectivity index (χ1) is 12.5. The van der Waals surface area contributed by atoms with Crippen LogP contribution in [0, 0.1) is 0 Å². The van der Waals surface area contributed by atoms with E-state index in [1.165, 1.54) is 4.31 Å². The first-order valence-electron chi connectivity index (χ1n) is 8.08. The number of hydrogen-bond donors (Lipinski definition) is 0. The normalized spacial score (nSPS) is 17.0. The predicted molar refractivity (Wildman–Crippen MR) is 101 cm³/mol. The smallest absolute Gasteiger partial charge is 0.245 e. The van der Waals surface area contributed by atoms with Crippen LogP contribution in [0.4, 0.5) is 0 Å². The highest BCUT2D eigenvalue weighted by molar-refractivity contribution is 7.89. The molecule has 1 fully saturated rings. The van der Waals surface area contributed by atoms with Gasteiger partial charge in [0.25, 0.3) is 0 Å². The molecule has 10 heteroatoms. The number of halogens is 1. The molecule has 0 unspecified atom stereocenters. The standard InChI is InChI=1S/C16H16ClN5O2S2/c17-15-5-4-12(10-18-15)11-21-6-8-22(9-7-21)26(23,24)14-3-1-2-13-16(14)20-25-19-13/h1-5,10H,6-9,11H2. The molecule has 2 aromatic heterocycles. The molecule has 3 heterocycles. The van der Waals surface area contributed by atoms with Gasteiger partial charge in [0.2, 0.25) is 10.0 Å². The highest BCUT2D eigenvalue weighted by atomic mass is 35.5. The van der Waals surface area contributed by atoms with Crippen molar-refractivity contribution < 1.29 is 8.42 Å². The van der Waals surface area contributed by atoms with Crippen molar-refractivity contribution in [3.63, 3.8) is 0 Å². The van der Waals surface area contributed by atoms with Crippen LogP contribution in [0.3, 0.4) is 0 Å². The van der Waals surface area contributed by atoms with E-state index in [1.54, 1.807) is 30.5 Å². The molecular weight excluding hydrogens is 394 g/mol. The van der Waals surface area contributed by atoms with Crippen LogP contribution in [-0.2, 0) is 16.6 Å². The van der Waals surface area contributed by atoms with E-state index in [1.807, 2.05) is 6.07 Å². The van der Waals surface area contributed by atoms with Crippen molar-refractivity contribution in [2.24, 2.45) is 0 Å². The molecule has 3 aromatic rings. The Balaban J connectivity index is 1.47. The Morgan fingerprint density at radius 1 is 1.08 bits per heavy atom. The van der Waals surface area contributed by atoms with Gasteiger partial charge in [-0.1, -0.05) is 23.7 Å². The van der Waals surface area contributed by atoms with Crippen molar-refractivity contribution in [1.82, 2.24) is 22.9 Å². The fourth-order valence-corrected chi connectivity index (χ4v) is 5.30. The Morgan fingerprint density at radius 2 is 1.88 bits per heavy atom. The number of fused-ring (bicyclic) bond motifs is 1. The van der Waals surface area contributed by atoms with Crippen LogP contribution in [0.25, 0.3) is 11.0 Å². The van der Waals surface area contributed by atoms with Gasteiger partial charge in [-0.25, -0.2) is 13.4 Å². The van der Waals surface area contributed by atoms with Gasteiger partial charge in [-0.15, -0.1) is 0 Å². The van der Waals surface area contributed by atoms with Crippen molar-refractivity contribution in [2.75, 3.05) is 26.2 Å². The van der Waals surface area contributed by atoms with Gasteiger partial charge < -0.3 is 0 Å². The molecule has 1 saturated heterocycles. The Kier molecular flexibility index (Phi) is 4.89. The number of hydrogen-bond acceptors (Lipinski definition) is 7. The molecule has 0 spiro atoms. The van der Waals surface area contributed by atoms with Gasteiger partial charge >= 0.3 is 0 Å². The second-order valence-corrected chi connectivity index (χ2v) is 8.88. The minimum Gasteiger partial charge on any atom is -0.296 e. The molecule has 1 aromatic carbocycles. The number of rotatable bonds is 4. The third-order valence-electron chi connectivity index (χ3n) is 4.39. The molecule has 0 bridgehead atoms. The molecule has 0 N–H and O–H groups in total. The molecule has 4 rings (SSSR count). The largest absolute Gasteiger partial charge is 0.296 e. The van der Waals surface area contributed by atoms with E-state index in [-0.39, 0.29) is 4.90 Å². The summed E-state index contributed by atoms with van der Waals surface area (Å²) >= 11 is 6.83. The van der Waals surface area contributed by atoms with Gasteiger partial charge in [-0.3, -0.25) is 4.90 Å². The summed E-state index contributed by atoms with van der Waals surface area (Å²) < 4.78 is 35.8. The summed E-state index contributed by atoms with van der Waals surface area (Å²) in [6.45, 7) is 2.93. The van der Waals surface area contributed by atoms with E-state index in [4.69, 9.17) is 11.6 Å². The number of nitrogens with zero attached hydrogens (tertiary/aromatic N) is 5. The lowest BCUT2D eigenvalue weighted by atomic mass is 10.2. The van der Waals surface area contributed by atoms with Gasteiger partial charge in [0, 0.05) is 38.9 Å². The molecule has 0 radical (unpaired) electrons. The molecular formula is C16H16ClN5O2S2. The zero-order chi connectivity index (χ0) is 18.1. The SMILES string of the molecule is O=S(=O)(c1cccc2nsnc12)N1CCN(Cc2ccc(Cl)nc2)CC1. The van der Waals surface area contributed by atoms with E-state index in [0.29, 0.717) is 42.4 Å². The lowest BCUT2D eigenvalue weighted by molar-refractivity contribution is 0.181. The maximum atomic E-state index is 13.0. The van der Waals surface area contributed by atoms with E-state index in [9.17, 15) is 8.42 Å². The molecule has 136 valence electrons. The fourth-order valence-electron chi connectivity index (χ4n) is 3.01. The van der Waals surface area contributed by atoms with Gasteiger partial charge in [0.1, 0.15) is 21.1 Å². The summed E-state index contributed by atoms with van der Waals surface area (Å²) in [5.41, 5.74) is 2.13. The molecule has 0 aliphatic carbocycles. The average molecular weight is 410 g/mol. The number of piperazine rings is 1. The summed E-state index contributed by atoms with van der Waals surface area (Å²) in [4.78, 5) is 6.53. The van der Waals surface area contributed by atoms with Crippen molar-refractivity contribution in [3.8, 4) is 0 Å². The van der Waals surface area contributed by atoms with Crippen molar-refractivity contribution in [3.05, 3.63) is 47.2 Å². The van der Waals surface area contributed by atoms with Gasteiger partial charge in [0.05, 0.1) is 11.7 Å². The van der Waals surface area contributed by atoms with Crippen molar-refractivity contribution in [1.29, 1.82) is 0 Å². The minimum absolute atomic E-state index is 0.235. The summed E-state index contributed by atoms with van der Waals surface area (Å²) in [6, 6.07) is 8.79. The van der Waals surface area contributed by atoms with Crippen molar-refractivity contribution >= 4 is 44.4 Å². The van der Waals surface area contributed by atoms with Crippen LogP contribution in [-0.4, -0.2) is 57.5 Å². The van der Waals surface area contributed by atoms with Crippen LogP contribution < -0.4 is 0 Å². The van der Waals surface area contributed by atoms with Gasteiger partial charge in [-0.2, -0.15) is 13.1 Å². The summed E-state index contributed by atoms with van der Waals surface area (Å²) in [5, 5.41) is 0.468. The third-order valence-corrected chi connectivity index (χ3v) is 7.09. The zero-order valence-corrected chi connectivity index (χ0v) is 16.1. The Morgan fingerprint density at radius 3 is 2.62 bits per heavy atom. The molecule has 0 atom stereocenters. The number of pyridine rings is 1. The highest BCUT2D eigenvalue weighted by Crippen LogP contribution is 2.25. The van der Waals surface area contributed by atoms with E-state index < -0.39 is 10.0 Å². The van der Waals surface area contributed by atoms with Crippen LogP contribution in [0.2, 0.25) is 5.15 Å². The maximum Gasteiger partial charge on any atom is 0.245 e. The summed E-state index contributed by atoms with van der Waals surface area (Å²) in [7, 11) is -3.58. The van der Waals surface area contributed by atoms with Gasteiger partial charge in [0.15, 0.2) is 0 Å². The Labute approximate surface area is 160 Å². The second-order valence-electron chi connectivity index (χ2n) is 6.06. The van der Waals surface area contributed by atoms with E-state index in [0.717, 1.165) is 23.8 Å². The van der Waals surface area contributed by atoms with Crippen LogP contribution in [0.5, 0.6) is 0 Å². The first-order valence-corrected chi connectivity index (χ1v) is 10.6. The second kappa shape index (κ2) is 7.16. The summed E-state index contributed by atoms with van der Waals surface area (Å²) in [5.74, 6) is 0. The third kappa shape index (κ3) is 3.45. The number of sulfonamides is 1. The van der Waals surface area contributed by atoms with E-state index >= 15 is 0 Å². The molecule has 1 aliphatic rings. The van der Waals surface area contributed by atoms with Crippen molar-refractivity contribution in [2.45, 2.75) is 11.4 Å². The van der Waals surface area contributed by atoms with Crippen LogP contribution in [0.15, 0.2) is 41.4 Å². The monoisotopic (exact) mass is 409 g/mol. The van der Waals surface area contributed by atoms with E-state index in [2.05, 4.69) is 18.6 Å². The molecule has 1 aliphatic heterocycles. The quantitative estimate of drug-likeness (QED) is 0.615. The fraction of sp³-hybridized carbons (Fsp3) is 0.312. The summed E-state index contributed by atoms with van der Waals surface area (Å²) in [6.07, 6.45) is 1.75. The predicted octanol–water partition coefficient (Wildman–Crippen LogP) is 2.25.